The molecule has 0 spiro atoms. The van der Waals surface area contributed by atoms with Crippen LogP contribution in [0.15, 0.2) is 48.5 Å². The zero-order chi connectivity index (χ0) is 30.9. The second-order valence-corrected chi connectivity index (χ2v) is 13.0. The fraction of sp³-hybridized carbons (Fsp3) is 0.552. The van der Waals surface area contributed by atoms with E-state index in [1.54, 1.807) is 4.90 Å². The largest absolute Gasteiger partial charge is 0.416 e. The Bertz CT molecular complexity index is 1310. The lowest BCUT2D eigenvalue weighted by atomic mass is 9.83. The summed E-state index contributed by atoms with van der Waals surface area (Å²) in [5, 5.41) is 0. The van der Waals surface area contributed by atoms with Crippen LogP contribution in [-0.4, -0.2) is 50.7 Å². The molecule has 0 radical (unpaired) electrons. The third-order valence-electron chi connectivity index (χ3n) is 8.00. The van der Waals surface area contributed by atoms with Gasteiger partial charge in [0.25, 0.3) is 0 Å². The first-order valence-electron chi connectivity index (χ1n) is 13.8. The van der Waals surface area contributed by atoms with Gasteiger partial charge in [-0.15, -0.1) is 0 Å². The zero-order valence-electron chi connectivity index (χ0n) is 23.2. The van der Waals surface area contributed by atoms with E-state index in [2.05, 4.69) is 4.72 Å². The Hall–Kier alpha value is -2.64. The van der Waals surface area contributed by atoms with Crippen molar-refractivity contribution in [3.8, 4) is 0 Å². The maximum Gasteiger partial charge on any atom is 0.416 e. The number of alkyl halides is 6. The Morgan fingerprint density at radius 1 is 0.929 bits per heavy atom. The summed E-state index contributed by atoms with van der Waals surface area (Å²) in [4.78, 5) is 15.2. The molecule has 2 aliphatic rings. The number of carbonyl (C=O) groups is 1. The number of halogens is 6. The van der Waals surface area contributed by atoms with Gasteiger partial charge < -0.3 is 9.64 Å². The molecule has 232 valence electrons. The van der Waals surface area contributed by atoms with E-state index in [0.29, 0.717) is 50.8 Å². The highest BCUT2D eigenvalue weighted by Crippen LogP contribution is 2.40. The number of hydrogen-bond acceptors (Lipinski definition) is 4. The standard InChI is InChI=1S/C29H34F6N2O4S/c1-18(21-14-22(28(30,31)32)16-23(15-21)29(33,34)35)41-26-12-13-37(17-25(26)19-6-4-3-5-7-19)27(38)20-8-10-24(11-9-20)36-42(2,39)40/h3-7,14-16,18,20,24-26,36H,8-13,17H2,1-2H3/t18-,20-,24-,25+,26+/m1/s1. The molecule has 1 aliphatic carbocycles. The number of hydrogen-bond donors (Lipinski definition) is 1. The molecule has 1 N–H and O–H groups in total. The molecular formula is C29H34F6N2O4S. The van der Waals surface area contributed by atoms with E-state index >= 15 is 0 Å². The van der Waals surface area contributed by atoms with E-state index in [1.807, 2.05) is 30.3 Å². The van der Waals surface area contributed by atoms with Crippen LogP contribution in [0.2, 0.25) is 0 Å². The highest BCUT2D eigenvalue weighted by Gasteiger charge is 2.40. The van der Waals surface area contributed by atoms with E-state index in [1.165, 1.54) is 6.92 Å². The fourth-order valence-electron chi connectivity index (χ4n) is 5.89. The normalized spacial score (nSPS) is 24.8. The predicted molar refractivity (Wildman–Crippen MR) is 144 cm³/mol. The second-order valence-electron chi connectivity index (χ2n) is 11.2. The van der Waals surface area contributed by atoms with Crippen molar-refractivity contribution < 1.29 is 44.3 Å². The fourth-order valence-corrected chi connectivity index (χ4v) is 6.73. The maximum atomic E-state index is 13.5. The summed E-state index contributed by atoms with van der Waals surface area (Å²) in [5.74, 6) is -0.670. The van der Waals surface area contributed by atoms with Crippen molar-refractivity contribution in [2.24, 2.45) is 5.92 Å². The lowest BCUT2D eigenvalue weighted by Gasteiger charge is -2.41. The first-order chi connectivity index (χ1) is 19.5. The van der Waals surface area contributed by atoms with Gasteiger partial charge in [-0.3, -0.25) is 4.79 Å². The molecule has 1 heterocycles. The van der Waals surface area contributed by atoms with Crippen molar-refractivity contribution in [2.45, 2.75) is 75.5 Å². The number of benzene rings is 2. The van der Waals surface area contributed by atoms with Crippen LogP contribution in [0, 0.1) is 5.92 Å². The molecule has 1 aliphatic heterocycles. The Kier molecular flexibility index (Phi) is 9.63. The van der Waals surface area contributed by atoms with Crippen molar-refractivity contribution >= 4 is 15.9 Å². The van der Waals surface area contributed by atoms with Crippen LogP contribution in [0.5, 0.6) is 0 Å². The number of carbonyl (C=O) groups excluding carboxylic acids is 1. The quantitative estimate of drug-likeness (QED) is 0.369. The van der Waals surface area contributed by atoms with E-state index in [4.69, 9.17) is 4.74 Å². The van der Waals surface area contributed by atoms with Gasteiger partial charge in [0, 0.05) is 31.0 Å². The molecule has 4 rings (SSSR count). The van der Waals surface area contributed by atoms with E-state index < -0.39 is 45.7 Å². The minimum absolute atomic E-state index is 0.0482. The topological polar surface area (TPSA) is 75.7 Å². The smallest absolute Gasteiger partial charge is 0.370 e. The molecule has 3 atom stereocenters. The number of ether oxygens (including phenoxy) is 1. The zero-order valence-corrected chi connectivity index (χ0v) is 24.0. The van der Waals surface area contributed by atoms with Crippen LogP contribution in [0.25, 0.3) is 0 Å². The molecule has 1 saturated carbocycles. The number of nitrogens with one attached hydrogen (secondary N) is 1. The van der Waals surface area contributed by atoms with Crippen LogP contribution >= 0.6 is 0 Å². The molecule has 0 bridgehead atoms. The van der Waals surface area contributed by atoms with Gasteiger partial charge in [0.15, 0.2) is 0 Å². The SMILES string of the molecule is C[C@@H](O[C@H]1CCN(C(=O)[C@H]2CC[C@H](NS(C)(=O)=O)CC2)C[C@H]1c1ccccc1)c1cc(C(F)(F)F)cc(C(F)(F)F)c1. The van der Waals surface area contributed by atoms with Gasteiger partial charge in [-0.25, -0.2) is 13.1 Å². The van der Waals surface area contributed by atoms with Crippen LogP contribution in [0.3, 0.4) is 0 Å². The van der Waals surface area contributed by atoms with Gasteiger partial charge in [0.05, 0.1) is 29.6 Å². The summed E-state index contributed by atoms with van der Waals surface area (Å²) >= 11 is 0. The number of rotatable bonds is 7. The summed E-state index contributed by atoms with van der Waals surface area (Å²) in [7, 11) is -3.35. The van der Waals surface area contributed by atoms with Crippen molar-refractivity contribution in [3.05, 3.63) is 70.8 Å². The number of piperidine rings is 1. The third kappa shape index (κ3) is 8.25. The van der Waals surface area contributed by atoms with Crippen LogP contribution < -0.4 is 4.72 Å². The average molecular weight is 621 g/mol. The van der Waals surface area contributed by atoms with Crippen molar-refractivity contribution in [1.29, 1.82) is 0 Å². The number of sulfonamides is 1. The Balaban J connectivity index is 1.51. The molecule has 2 fully saturated rings. The van der Waals surface area contributed by atoms with Gasteiger partial charge in [0.2, 0.25) is 15.9 Å². The average Bonchev–Trinajstić information content (AvgIpc) is 2.91. The van der Waals surface area contributed by atoms with E-state index in [0.717, 1.165) is 11.8 Å². The molecule has 0 unspecified atom stereocenters. The molecule has 2 aromatic rings. The maximum absolute atomic E-state index is 13.5. The summed E-state index contributed by atoms with van der Waals surface area (Å²) in [6, 6.07) is 10.4. The molecule has 13 heteroatoms. The Labute approximate surface area is 241 Å². The first-order valence-corrected chi connectivity index (χ1v) is 15.7. The first kappa shape index (κ1) is 32.3. The van der Waals surface area contributed by atoms with Gasteiger partial charge in [-0.05, 0) is 68.4 Å². The predicted octanol–water partition coefficient (Wildman–Crippen LogP) is 6.29. The van der Waals surface area contributed by atoms with Crippen molar-refractivity contribution in [3.63, 3.8) is 0 Å². The highest BCUT2D eigenvalue weighted by atomic mass is 32.2. The van der Waals surface area contributed by atoms with Gasteiger partial charge in [-0.2, -0.15) is 26.3 Å². The van der Waals surface area contributed by atoms with Crippen LogP contribution in [-0.2, 0) is 31.9 Å². The molecule has 6 nitrogen and oxygen atoms in total. The molecular weight excluding hydrogens is 586 g/mol. The Morgan fingerprint density at radius 3 is 2.02 bits per heavy atom. The monoisotopic (exact) mass is 620 g/mol. The number of likely N-dealkylation sites (tertiary alicyclic amines) is 1. The highest BCUT2D eigenvalue weighted by molar-refractivity contribution is 7.88. The molecule has 0 aromatic heterocycles. The number of nitrogens with zero attached hydrogens (tertiary/aromatic N) is 1. The van der Waals surface area contributed by atoms with Crippen molar-refractivity contribution in [2.75, 3.05) is 19.3 Å². The Morgan fingerprint density at radius 2 is 1.50 bits per heavy atom. The summed E-state index contributed by atoms with van der Waals surface area (Å²) < 4.78 is 112. The number of amides is 1. The molecule has 2 aromatic carbocycles. The van der Waals surface area contributed by atoms with Crippen LogP contribution in [0.1, 0.15) is 73.3 Å². The minimum atomic E-state index is -4.96. The second kappa shape index (κ2) is 12.5. The van der Waals surface area contributed by atoms with Crippen molar-refractivity contribution in [1.82, 2.24) is 9.62 Å². The summed E-state index contributed by atoms with van der Waals surface area (Å²) in [5.41, 5.74) is -2.19. The van der Waals surface area contributed by atoms with E-state index in [9.17, 15) is 39.6 Å². The summed E-state index contributed by atoms with van der Waals surface area (Å²) in [6.07, 6.45) is -7.98. The molecule has 1 amide bonds. The molecule has 42 heavy (non-hydrogen) atoms. The van der Waals surface area contributed by atoms with Gasteiger partial charge >= 0.3 is 12.4 Å². The van der Waals surface area contributed by atoms with Crippen LogP contribution in [0.4, 0.5) is 26.3 Å². The lowest BCUT2D eigenvalue weighted by molar-refractivity contribution is -0.143. The van der Waals surface area contributed by atoms with E-state index in [-0.39, 0.29) is 42.0 Å². The molecule has 1 saturated heterocycles. The third-order valence-corrected chi connectivity index (χ3v) is 8.77. The van der Waals surface area contributed by atoms with Gasteiger partial charge in [-0.1, -0.05) is 30.3 Å². The minimum Gasteiger partial charge on any atom is -0.370 e. The summed E-state index contributed by atoms with van der Waals surface area (Å²) in [6.45, 7) is 2.02. The lowest BCUT2D eigenvalue weighted by Crippen LogP contribution is -2.49. The van der Waals surface area contributed by atoms with Gasteiger partial charge in [0.1, 0.15) is 0 Å².